The molecule has 0 aromatic carbocycles. The highest BCUT2D eigenvalue weighted by Crippen LogP contribution is 2.62. The topological polar surface area (TPSA) is 72.9 Å². The predicted octanol–water partition coefficient (Wildman–Crippen LogP) is 4.00. The highest BCUT2D eigenvalue weighted by Gasteiger charge is 2.54. The van der Waals surface area contributed by atoms with Gasteiger partial charge in [0.2, 0.25) is 0 Å². The molecule has 2 saturated carbocycles. The first-order valence-electron chi connectivity index (χ1n) is 10.3. The van der Waals surface area contributed by atoms with Crippen LogP contribution in [0.15, 0.2) is 48.9 Å². The third-order valence-corrected chi connectivity index (χ3v) is 6.50. The zero-order chi connectivity index (χ0) is 19.4. The Morgan fingerprint density at radius 2 is 1.93 bits per heavy atom. The number of nitrogens with zero attached hydrogens (tertiary/aromatic N) is 6. The smallest absolute Gasteiger partial charge is 0.161 e. The summed E-state index contributed by atoms with van der Waals surface area (Å²) < 4.78 is 3.94. The molecule has 146 valence electrons. The third-order valence-electron chi connectivity index (χ3n) is 6.50. The molecule has 0 atom stereocenters. The van der Waals surface area contributed by atoms with Gasteiger partial charge in [0.25, 0.3) is 0 Å². The molecule has 29 heavy (non-hydrogen) atoms. The summed E-state index contributed by atoms with van der Waals surface area (Å²) in [5, 5.41) is 16.5. The van der Waals surface area contributed by atoms with Crippen LogP contribution in [0.2, 0.25) is 0 Å². The van der Waals surface area contributed by atoms with Crippen molar-refractivity contribution in [3.05, 3.63) is 54.7 Å². The fourth-order valence-electron chi connectivity index (χ4n) is 4.45. The Hall–Kier alpha value is -3.22. The van der Waals surface area contributed by atoms with Gasteiger partial charge >= 0.3 is 0 Å². The van der Waals surface area contributed by atoms with E-state index in [9.17, 15) is 0 Å². The average molecular weight is 385 g/mol. The summed E-state index contributed by atoms with van der Waals surface area (Å²) in [4.78, 5) is 4.43. The van der Waals surface area contributed by atoms with Gasteiger partial charge in [0.1, 0.15) is 17.5 Å². The van der Waals surface area contributed by atoms with Crippen LogP contribution in [0, 0.1) is 11.3 Å². The number of nitrogens with one attached hydrogen (secondary N) is 1. The first-order chi connectivity index (χ1) is 14.2. The highest BCUT2D eigenvalue weighted by atomic mass is 15.3. The lowest BCUT2D eigenvalue weighted by Crippen LogP contribution is -2.10. The maximum absolute atomic E-state index is 4.52. The lowest BCUT2D eigenvalue weighted by atomic mass is 9.96. The Morgan fingerprint density at radius 1 is 1.07 bits per heavy atom. The Balaban J connectivity index is 1.28. The van der Waals surface area contributed by atoms with Crippen molar-refractivity contribution in [1.29, 1.82) is 0 Å². The first-order valence-corrected chi connectivity index (χ1v) is 10.3. The monoisotopic (exact) mass is 385 g/mol. The zero-order valence-corrected chi connectivity index (χ0v) is 16.4. The van der Waals surface area contributed by atoms with Crippen LogP contribution in [0.1, 0.15) is 31.5 Å². The molecule has 6 rings (SSSR count). The molecule has 0 aliphatic heterocycles. The van der Waals surface area contributed by atoms with Crippen molar-refractivity contribution in [1.82, 2.24) is 29.4 Å². The minimum Gasteiger partial charge on any atom is -0.325 e. The number of aryl methyl sites for hydroxylation is 1. The van der Waals surface area contributed by atoms with Gasteiger partial charge in [-0.1, -0.05) is 0 Å². The molecule has 0 amide bonds. The fourth-order valence-corrected chi connectivity index (χ4v) is 4.45. The number of anilines is 2. The van der Waals surface area contributed by atoms with Crippen molar-refractivity contribution in [2.24, 2.45) is 18.4 Å². The van der Waals surface area contributed by atoms with Crippen LogP contribution in [-0.4, -0.2) is 29.4 Å². The van der Waals surface area contributed by atoms with Gasteiger partial charge in [-0.2, -0.15) is 5.10 Å². The van der Waals surface area contributed by atoms with Crippen LogP contribution in [0.4, 0.5) is 11.6 Å². The average Bonchev–Trinajstić information content (AvgIpc) is 3.65. The quantitative estimate of drug-likeness (QED) is 0.543. The van der Waals surface area contributed by atoms with Crippen LogP contribution >= 0.6 is 0 Å². The number of pyridine rings is 2. The van der Waals surface area contributed by atoms with Crippen molar-refractivity contribution < 1.29 is 0 Å². The maximum atomic E-state index is 4.52. The fraction of sp³-hybridized carbons (Fsp3) is 0.364. The van der Waals surface area contributed by atoms with Crippen molar-refractivity contribution in [3.8, 4) is 11.1 Å². The van der Waals surface area contributed by atoms with Gasteiger partial charge in [-0.15, -0.1) is 10.2 Å². The molecule has 7 nitrogen and oxygen atoms in total. The Kier molecular flexibility index (Phi) is 3.54. The van der Waals surface area contributed by atoms with E-state index in [1.807, 2.05) is 31.4 Å². The standard InChI is InChI=1S/C22H23N7/c1-28-19(5-10-24-28)25-18-12-15(4-9-23-18)16-6-11-29-20(13-16)26-27-21(29)14-22(7-8-22)17-2-3-17/h4-6,9-13,17H,2-3,7-8,14H2,1H3,(H,23,25). The third kappa shape index (κ3) is 2.97. The number of fused-ring (bicyclic) bond motifs is 1. The van der Waals surface area contributed by atoms with E-state index in [-0.39, 0.29) is 0 Å². The van der Waals surface area contributed by atoms with Crippen molar-refractivity contribution >= 4 is 17.3 Å². The summed E-state index contributed by atoms with van der Waals surface area (Å²) in [5.74, 6) is 3.71. The molecule has 4 heterocycles. The molecule has 1 N–H and O–H groups in total. The molecule has 7 heteroatoms. The van der Waals surface area contributed by atoms with E-state index in [4.69, 9.17) is 0 Å². The maximum Gasteiger partial charge on any atom is 0.161 e. The molecule has 0 spiro atoms. The Bertz CT molecular complexity index is 1200. The Labute approximate surface area is 168 Å². The van der Waals surface area contributed by atoms with Crippen molar-refractivity contribution in [3.63, 3.8) is 0 Å². The van der Waals surface area contributed by atoms with Gasteiger partial charge in [0.05, 0.1) is 6.20 Å². The summed E-state index contributed by atoms with van der Waals surface area (Å²) in [6, 6.07) is 10.2. The number of hydrogen-bond donors (Lipinski definition) is 1. The van der Waals surface area contributed by atoms with E-state index in [0.717, 1.165) is 46.6 Å². The van der Waals surface area contributed by atoms with Gasteiger partial charge in [-0.05, 0) is 72.4 Å². The lowest BCUT2D eigenvalue weighted by molar-refractivity contribution is 0.425. The van der Waals surface area contributed by atoms with E-state index in [1.165, 1.54) is 25.7 Å². The van der Waals surface area contributed by atoms with Gasteiger partial charge in [0, 0.05) is 31.9 Å². The first kappa shape index (κ1) is 16.7. The molecule has 2 fully saturated rings. The SMILES string of the molecule is Cn1nccc1Nc1cc(-c2ccn3c(CC4(C5CC5)CC4)nnc3c2)ccn1. The second kappa shape index (κ2) is 6.14. The number of aromatic nitrogens is 6. The van der Waals surface area contributed by atoms with E-state index in [1.54, 1.807) is 10.9 Å². The van der Waals surface area contributed by atoms with Crippen molar-refractivity contribution in [2.75, 3.05) is 5.32 Å². The van der Waals surface area contributed by atoms with Gasteiger partial charge in [-0.3, -0.25) is 9.08 Å². The van der Waals surface area contributed by atoms with Crippen LogP contribution in [0.3, 0.4) is 0 Å². The van der Waals surface area contributed by atoms with Gasteiger partial charge in [0.15, 0.2) is 5.65 Å². The van der Waals surface area contributed by atoms with Crippen LogP contribution < -0.4 is 5.32 Å². The summed E-state index contributed by atoms with van der Waals surface area (Å²) in [5.41, 5.74) is 3.63. The van der Waals surface area contributed by atoms with Gasteiger partial charge in [-0.25, -0.2) is 4.98 Å². The molecule has 4 aromatic rings. The summed E-state index contributed by atoms with van der Waals surface area (Å²) in [7, 11) is 1.90. The molecular weight excluding hydrogens is 362 g/mol. The van der Waals surface area contributed by atoms with Crippen molar-refractivity contribution in [2.45, 2.75) is 32.1 Å². The van der Waals surface area contributed by atoms with E-state index < -0.39 is 0 Å². The van der Waals surface area contributed by atoms with Crippen LogP contribution in [-0.2, 0) is 13.5 Å². The summed E-state index contributed by atoms with van der Waals surface area (Å²) in [6.07, 6.45) is 12.3. The molecule has 0 unspecified atom stereocenters. The van der Waals surface area contributed by atoms with E-state index in [2.05, 4.69) is 48.3 Å². The van der Waals surface area contributed by atoms with E-state index in [0.29, 0.717) is 5.41 Å². The van der Waals surface area contributed by atoms with Crippen LogP contribution in [0.25, 0.3) is 16.8 Å². The van der Waals surface area contributed by atoms with Crippen LogP contribution in [0.5, 0.6) is 0 Å². The summed E-state index contributed by atoms with van der Waals surface area (Å²) in [6.45, 7) is 0. The number of hydrogen-bond acceptors (Lipinski definition) is 5. The molecule has 2 aliphatic rings. The molecule has 0 radical (unpaired) electrons. The number of rotatable bonds is 6. The highest BCUT2D eigenvalue weighted by molar-refractivity contribution is 5.70. The molecule has 4 aromatic heterocycles. The molecular formula is C22H23N7. The normalized spacial score (nSPS) is 17.6. The molecule has 2 aliphatic carbocycles. The molecule has 0 bridgehead atoms. The van der Waals surface area contributed by atoms with E-state index >= 15 is 0 Å². The molecule has 0 saturated heterocycles. The largest absolute Gasteiger partial charge is 0.325 e. The Morgan fingerprint density at radius 3 is 2.69 bits per heavy atom. The minimum absolute atomic E-state index is 0.527. The predicted molar refractivity (Wildman–Crippen MR) is 111 cm³/mol. The van der Waals surface area contributed by atoms with Gasteiger partial charge < -0.3 is 5.32 Å². The lowest BCUT2D eigenvalue weighted by Gasteiger charge is -2.12. The minimum atomic E-state index is 0.527. The summed E-state index contributed by atoms with van der Waals surface area (Å²) >= 11 is 0. The second-order valence-corrected chi connectivity index (χ2v) is 8.47. The zero-order valence-electron chi connectivity index (χ0n) is 16.4. The second-order valence-electron chi connectivity index (χ2n) is 8.47.